The molecule has 2 aromatic rings. The Balaban J connectivity index is 1.68. The molecule has 0 unspecified atom stereocenters. The highest BCUT2D eigenvalue weighted by Gasteiger charge is 2.35. The van der Waals surface area contributed by atoms with E-state index in [-0.39, 0.29) is 11.9 Å². The van der Waals surface area contributed by atoms with Gasteiger partial charge < -0.3 is 9.88 Å². The van der Waals surface area contributed by atoms with Gasteiger partial charge in [-0.2, -0.15) is 0 Å². The molecule has 1 aromatic heterocycles. The van der Waals surface area contributed by atoms with Gasteiger partial charge >= 0.3 is 0 Å². The van der Waals surface area contributed by atoms with Crippen LogP contribution in [0.3, 0.4) is 0 Å². The molecule has 0 saturated heterocycles. The molecule has 3 rings (SSSR count). The second-order valence-corrected chi connectivity index (χ2v) is 5.46. The first-order chi connectivity index (χ1) is 10.2. The fraction of sp³-hybridized carbons (Fsp3) is 0.294. The molecular weight excluding hydrogens is 262 g/mol. The zero-order chi connectivity index (χ0) is 14.7. The molecule has 4 heteroatoms. The lowest BCUT2D eigenvalue weighted by atomic mass is 10.1. The van der Waals surface area contributed by atoms with Crippen molar-refractivity contribution in [2.24, 2.45) is 13.0 Å². The van der Waals surface area contributed by atoms with Gasteiger partial charge in [-0.15, -0.1) is 0 Å². The SMILES string of the molecule is Cn1ccnc1[C@@H](NC(=O)/C=C/c1ccccc1)C1CC1. The molecule has 0 spiro atoms. The monoisotopic (exact) mass is 281 g/mol. The van der Waals surface area contributed by atoms with E-state index in [0.29, 0.717) is 5.92 Å². The summed E-state index contributed by atoms with van der Waals surface area (Å²) in [6.45, 7) is 0. The second-order valence-electron chi connectivity index (χ2n) is 5.46. The maximum atomic E-state index is 12.1. The van der Waals surface area contributed by atoms with E-state index in [1.807, 2.05) is 54.2 Å². The van der Waals surface area contributed by atoms with Crippen molar-refractivity contribution in [2.45, 2.75) is 18.9 Å². The van der Waals surface area contributed by atoms with Gasteiger partial charge in [-0.25, -0.2) is 4.98 Å². The Morgan fingerprint density at radius 3 is 2.76 bits per heavy atom. The van der Waals surface area contributed by atoms with Gasteiger partial charge in [0.15, 0.2) is 0 Å². The van der Waals surface area contributed by atoms with Crippen molar-refractivity contribution in [3.63, 3.8) is 0 Å². The highest BCUT2D eigenvalue weighted by molar-refractivity contribution is 5.91. The van der Waals surface area contributed by atoms with Gasteiger partial charge in [0.05, 0.1) is 6.04 Å². The zero-order valence-corrected chi connectivity index (χ0v) is 12.1. The molecule has 4 nitrogen and oxygen atoms in total. The van der Waals surface area contributed by atoms with Crippen LogP contribution in [0.25, 0.3) is 6.08 Å². The van der Waals surface area contributed by atoms with Crippen LogP contribution >= 0.6 is 0 Å². The summed E-state index contributed by atoms with van der Waals surface area (Å²) >= 11 is 0. The van der Waals surface area contributed by atoms with E-state index in [0.717, 1.165) is 24.2 Å². The van der Waals surface area contributed by atoms with E-state index < -0.39 is 0 Å². The maximum absolute atomic E-state index is 12.1. The summed E-state index contributed by atoms with van der Waals surface area (Å²) in [5.74, 6) is 1.37. The summed E-state index contributed by atoms with van der Waals surface area (Å²) in [5.41, 5.74) is 1.02. The van der Waals surface area contributed by atoms with Crippen LogP contribution in [0.15, 0.2) is 48.8 Å². The molecule has 1 fully saturated rings. The lowest BCUT2D eigenvalue weighted by Gasteiger charge is -2.17. The number of nitrogens with zero attached hydrogens (tertiary/aromatic N) is 2. The Kier molecular flexibility index (Phi) is 3.86. The number of hydrogen-bond acceptors (Lipinski definition) is 2. The molecule has 1 aromatic carbocycles. The van der Waals surface area contributed by atoms with E-state index in [4.69, 9.17) is 0 Å². The van der Waals surface area contributed by atoms with Crippen molar-refractivity contribution in [3.05, 3.63) is 60.2 Å². The van der Waals surface area contributed by atoms with Crippen molar-refractivity contribution in [3.8, 4) is 0 Å². The van der Waals surface area contributed by atoms with Crippen LogP contribution in [0.4, 0.5) is 0 Å². The number of nitrogens with one attached hydrogen (secondary N) is 1. The first kappa shape index (κ1) is 13.6. The molecule has 1 aliphatic rings. The Hall–Kier alpha value is -2.36. The first-order valence-corrected chi connectivity index (χ1v) is 7.25. The van der Waals surface area contributed by atoms with E-state index in [1.165, 1.54) is 0 Å². The Morgan fingerprint density at radius 1 is 1.38 bits per heavy atom. The zero-order valence-electron chi connectivity index (χ0n) is 12.1. The molecule has 1 aliphatic carbocycles. The number of imidazole rings is 1. The second kappa shape index (κ2) is 5.95. The summed E-state index contributed by atoms with van der Waals surface area (Å²) in [5, 5.41) is 3.08. The fourth-order valence-corrected chi connectivity index (χ4v) is 2.44. The lowest BCUT2D eigenvalue weighted by Crippen LogP contribution is -2.30. The number of aryl methyl sites for hydroxylation is 1. The maximum Gasteiger partial charge on any atom is 0.244 e. The van der Waals surface area contributed by atoms with Crippen LogP contribution in [0.2, 0.25) is 0 Å². The summed E-state index contributed by atoms with van der Waals surface area (Å²) in [6, 6.07) is 9.83. The van der Waals surface area contributed by atoms with Crippen LogP contribution < -0.4 is 5.32 Å². The number of benzene rings is 1. The van der Waals surface area contributed by atoms with Gasteiger partial charge in [-0.05, 0) is 30.4 Å². The average molecular weight is 281 g/mol. The van der Waals surface area contributed by atoms with E-state index >= 15 is 0 Å². The van der Waals surface area contributed by atoms with Crippen LogP contribution in [0.1, 0.15) is 30.3 Å². The number of hydrogen-bond donors (Lipinski definition) is 1. The summed E-state index contributed by atoms with van der Waals surface area (Å²) < 4.78 is 1.98. The van der Waals surface area contributed by atoms with Crippen molar-refractivity contribution >= 4 is 12.0 Å². The number of amides is 1. The van der Waals surface area contributed by atoms with E-state index in [9.17, 15) is 4.79 Å². The molecule has 1 heterocycles. The van der Waals surface area contributed by atoms with Gasteiger partial charge in [-0.1, -0.05) is 30.3 Å². The number of carbonyl (C=O) groups is 1. The molecule has 108 valence electrons. The quantitative estimate of drug-likeness (QED) is 0.857. The Bertz CT molecular complexity index is 641. The van der Waals surface area contributed by atoms with E-state index in [1.54, 1.807) is 12.3 Å². The molecule has 1 N–H and O–H groups in total. The molecule has 1 amide bonds. The van der Waals surface area contributed by atoms with Crippen LogP contribution in [-0.4, -0.2) is 15.5 Å². The molecule has 1 atom stereocenters. The lowest BCUT2D eigenvalue weighted by molar-refractivity contribution is -0.117. The third-order valence-electron chi connectivity index (χ3n) is 3.75. The van der Waals surface area contributed by atoms with Crippen molar-refractivity contribution in [2.75, 3.05) is 0 Å². The predicted octanol–water partition coefficient (Wildman–Crippen LogP) is 2.70. The molecule has 0 bridgehead atoms. The van der Waals surface area contributed by atoms with Gasteiger partial charge in [0.2, 0.25) is 5.91 Å². The van der Waals surface area contributed by atoms with Crippen LogP contribution in [0.5, 0.6) is 0 Å². The number of carbonyl (C=O) groups excluding carboxylic acids is 1. The molecule has 1 saturated carbocycles. The van der Waals surface area contributed by atoms with Gasteiger partial charge in [0.25, 0.3) is 0 Å². The van der Waals surface area contributed by atoms with Gasteiger partial charge in [-0.3, -0.25) is 4.79 Å². The number of rotatable bonds is 5. The highest BCUT2D eigenvalue weighted by Crippen LogP contribution is 2.40. The summed E-state index contributed by atoms with van der Waals surface area (Å²) in [6.07, 6.45) is 9.42. The van der Waals surface area contributed by atoms with Crippen molar-refractivity contribution < 1.29 is 4.79 Å². The minimum absolute atomic E-state index is 0.0120. The molecule has 21 heavy (non-hydrogen) atoms. The van der Waals surface area contributed by atoms with Crippen molar-refractivity contribution in [1.29, 1.82) is 0 Å². The van der Waals surface area contributed by atoms with Gasteiger partial charge in [0, 0.05) is 25.5 Å². The molecule has 0 radical (unpaired) electrons. The van der Waals surface area contributed by atoms with Crippen molar-refractivity contribution in [1.82, 2.24) is 14.9 Å². The standard InChI is InChI=1S/C17H19N3O/c1-20-12-11-18-17(20)16(14-8-9-14)19-15(21)10-7-13-5-3-2-4-6-13/h2-7,10-12,14,16H,8-9H2,1H3,(H,19,21)/b10-7+/t16-/m0/s1. The molecule has 0 aliphatic heterocycles. The fourth-order valence-electron chi connectivity index (χ4n) is 2.44. The normalized spacial score (nSPS) is 16.0. The Labute approximate surface area is 124 Å². The minimum Gasteiger partial charge on any atom is -0.342 e. The van der Waals surface area contributed by atoms with Crippen LogP contribution in [0, 0.1) is 5.92 Å². The average Bonchev–Trinajstić information content (AvgIpc) is 3.26. The summed E-state index contributed by atoms with van der Waals surface area (Å²) in [4.78, 5) is 16.5. The molecular formula is C17H19N3O. The first-order valence-electron chi connectivity index (χ1n) is 7.25. The van der Waals surface area contributed by atoms with E-state index in [2.05, 4.69) is 10.3 Å². The third kappa shape index (κ3) is 3.40. The summed E-state index contributed by atoms with van der Waals surface area (Å²) in [7, 11) is 1.96. The van der Waals surface area contributed by atoms with Gasteiger partial charge in [0.1, 0.15) is 5.82 Å². The largest absolute Gasteiger partial charge is 0.342 e. The smallest absolute Gasteiger partial charge is 0.244 e. The third-order valence-corrected chi connectivity index (χ3v) is 3.75. The predicted molar refractivity (Wildman–Crippen MR) is 82.3 cm³/mol. The van der Waals surface area contributed by atoms with Crippen LogP contribution in [-0.2, 0) is 11.8 Å². The minimum atomic E-state index is -0.0706. The number of aromatic nitrogens is 2. The highest BCUT2D eigenvalue weighted by atomic mass is 16.1. The Morgan fingerprint density at radius 2 is 2.14 bits per heavy atom. The topological polar surface area (TPSA) is 46.9 Å².